The first-order valence-electron chi connectivity index (χ1n) is 10.8. The van der Waals surface area contributed by atoms with Crippen molar-refractivity contribution >= 4 is 23.8 Å². The first kappa shape index (κ1) is 24.2. The fourth-order valence-corrected chi connectivity index (χ4v) is 3.59. The van der Waals surface area contributed by atoms with Crippen molar-refractivity contribution in [2.75, 3.05) is 11.4 Å². The van der Waals surface area contributed by atoms with Gasteiger partial charge in [0.25, 0.3) is 5.91 Å². The third-order valence-corrected chi connectivity index (χ3v) is 5.18. The average Bonchev–Trinajstić information content (AvgIpc) is 2.85. The Morgan fingerprint density at radius 2 is 1.85 bits per heavy atom. The number of nitriles is 1. The molecule has 0 saturated heterocycles. The van der Waals surface area contributed by atoms with Crippen LogP contribution in [0.4, 0.5) is 10.5 Å². The fraction of sp³-hybridized carbons (Fsp3) is 0.154. The van der Waals surface area contributed by atoms with E-state index in [1.807, 2.05) is 36.4 Å². The number of nitrogens with one attached hydrogen (secondary N) is 1. The van der Waals surface area contributed by atoms with Crippen molar-refractivity contribution in [3.05, 3.63) is 89.5 Å². The minimum atomic E-state index is -0.952. The van der Waals surface area contributed by atoms with Gasteiger partial charge in [-0.1, -0.05) is 54.6 Å². The summed E-state index contributed by atoms with van der Waals surface area (Å²) in [6.07, 6.45) is 1.73. The molecular formula is C26H26N6O2. The van der Waals surface area contributed by atoms with E-state index >= 15 is 0 Å². The molecule has 0 fully saturated rings. The molecule has 0 aliphatic rings. The van der Waals surface area contributed by atoms with Gasteiger partial charge in [0.2, 0.25) is 0 Å². The van der Waals surface area contributed by atoms with E-state index in [1.165, 1.54) is 6.21 Å². The van der Waals surface area contributed by atoms with Crippen LogP contribution in [0.3, 0.4) is 0 Å². The Morgan fingerprint density at radius 3 is 2.53 bits per heavy atom. The van der Waals surface area contributed by atoms with Gasteiger partial charge in [-0.3, -0.25) is 4.79 Å². The molecule has 3 aromatic rings. The molecule has 0 aromatic heterocycles. The lowest BCUT2D eigenvalue weighted by atomic mass is 10.00. The second-order valence-electron chi connectivity index (χ2n) is 7.55. The van der Waals surface area contributed by atoms with Crippen molar-refractivity contribution in [1.29, 1.82) is 5.26 Å². The van der Waals surface area contributed by atoms with Crippen LogP contribution in [-0.4, -0.2) is 30.7 Å². The summed E-state index contributed by atoms with van der Waals surface area (Å²) in [7, 11) is 0. The van der Waals surface area contributed by atoms with E-state index < -0.39 is 18.0 Å². The van der Waals surface area contributed by atoms with Gasteiger partial charge in [-0.15, -0.1) is 0 Å². The average molecular weight is 455 g/mol. The minimum Gasteiger partial charge on any atom is -0.338 e. The Balaban J connectivity index is 1.88. The molecule has 5 N–H and O–H groups in total. The number of nitrogens with zero attached hydrogens (tertiary/aromatic N) is 3. The third-order valence-electron chi connectivity index (χ3n) is 5.18. The van der Waals surface area contributed by atoms with Crippen molar-refractivity contribution in [3.8, 4) is 17.2 Å². The highest BCUT2D eigenvalue weighted by molar-refractivity contribution is 6.16. The van der Waals surface area contributed by atoms with E-state index in [4.69, 9.17) is 11.6 Å². The minimum absolute atomic E-state index is 0.231. The van der Waals surface area contributed by atoms with Gasteiger partial charge in [0.15, 0.2) is 0 Å². The molecule has 0 aliphatic carbocycles. The highest BCUT2D eigenvalue weighted by Crippen LogP contribution is 2.26. The van der Waals surface area contributed by atoms with Gasteiger partial charge in [0.05, 0.1) is 29.6 Å². The van der Waals surface area contributed by atoms with Gasteiger partial charge >= 0.3 is 6.03 Å². The number of hydrogen-bond donors (Lipinski definition) is 3. The van der Waals surface area contributed by atoms with E-state index in [1.54, 1.807) is 43.3 Å². The maximum atomic E-state index is 13.3. The molecule has 34 heavy (non-hydrogen) atoms. The van der Waals surface area contributed by atoms with Crippen molar-refractivity contribution in [2.24, 2.45) is 16.7 Å². The molecule has 3 rings (SSSR count). The number of urea groups is 1. The molecule has 0 bridgehead atoms. The van der Waals surface area contributed by atoms with Crippen LogP contribution in [0, 0.1) is 11.3 Å². The molecule has 0 saturated carbocycles. The fourth-order valence-electron chi connectivity index (χ4n) is 3.59. The molecular weight excluding hydrogens is 428 g/mol. The highest BCUT2D eigenvalue weighted by atomic mass is 16.2. The zero-order chi connectivity index (χ0) is 24.5. The Hall–Kier alpha value is -4.48. The number of imide groups is 1. The number of carbonyl (C=O) groups excluding carboxylic acids is 2. The molecule has 0 radical (unpaired) electrons. The van der Waals surface area contributed by atoms with Gasteiger partial charge in [-0.25, -0.2) is 9.69 Å². The molecule has 8 heteroatoms. The van der Waals surface area contributed by atoms with Crippen LogP contribution in [0.15, 0.2) is 77.9 Å². The van der Waals surface area contributed by atoms with E-state index in [0.29, 0.717) is 17.8 Å². The SMILES string of the molecule is CCNC(=O)N(C(=O)[C@@H](N)Cc1cccc(C=NN)c1)c1ccc(-c2ccccc2C#N)cc1. The van der Waals surface area contributed by atoms with Crippen molar-refractivity contribution in [2.45, 2.75) is 19.4 Å². The number of rotatable bonds is 7. The maximum absolute atomic E-state index is 13.3. The Morgan fingerprint density at radius 1 is 1.12 bits per heavy atom. The predicted molar refractivity (Wildman–Crippen MR) is 133 cm³/mol. The summed E-state index contributed by atoms with van der Waals surface area (Å²) in [5.41, 5.74) is 10.3. The van der Waals surface area contributed by atoms with Crippen LogP contribution in [0.25, 0.3) is 11.1 Å². The van der Waals surface area contributed by atoms with Crippen molar-refractivity contribution in [3.63, 3.8) is 0 Å². The second kappa shape index (κ2) is 11.4. The lowest BCUT2D eigenvalue weighted by Gasteiger charge is -2.24. The molecule has 3 aromatic carbocycles. The number of carbonyl (C=O) groups is 2. The quantitative estimate of drug-likeness (QED) is 0.286. The summed E-state index contributed by atoms with van der Waals surface area (Å²) in [4.78, 5) is 27.1. The smallest absolute Gasteiger partial charge is 0.328 e. The summed E-state index contributed by atoms with van der Waals surface area (Å²) in [6.45, 7) is 2.12. The van der Waals surface area contributed by atoms with Crippen LogP contribution < -0.4 is 21.8 Å². The largest absolute Gasteiger partial charge is 0.338 e. The van der Waals surface area contributed by atoms with Gasteiger partial charge in [-0.2, -0.15) is 10.4 Å². The van der Waals surface area contributed by atoms with E-state index in [9.17, 15) is 14.9 Å². The van der Waals surface area contributed by atoms with Crippen LogP contribution in [0.1, 0.15) is 23.6 Å². The normalized spacial score (nSPS) is 11.6. The summed E-state index contributed by atoms with van der Waals surface area (Å²) in [6, 6.07) is 22.1. The first-order valence-corrected chi connectivity index (χ1v) is 10.8. The van der Waals surface area contributed by atoms with E-state index in [2.05, 4.69) is 16.5 Å². The number of hydrogen-bond acceptors (Lipinski definition) is 6. The maximum Gasteiger partial charge on any atom is 0.328 e. The third kappa shape index (κ3) is 5.65. The molecule has 172 valence electrons. The Kier molecular flexibility index (Phi) is 8.11. The van der Waals surface area contributed by atoms with Crippen LogP contribution in [-0.2, 0) is 11.2 Å². The molecule has 0 unspecified atom stereocenters. The van der Waals surface area contributed by atoms with Crippen molar-refractivity contribution in [1.82, 2.24) is 5.32 Å². The molecule has 0 spiro atoms. The molecule has 0 aliphatic heterocycles. The Bertz CT molecular complexity index is 1230. The highest BCUT2D eigenvalue weighted by Gasteiger charge is 2.28. The van der Waals surface area contributed by atoms with Crippen LogP contribution in [0.5, 0.6) is 0 Å². The van der Waals surface area contributed by atoms with E-state index in [-0.39, 0.29) is 6.42 Å². The molecule has 1 atom stereocenters. The predicted octanol–water partition coefficient (Wildman–Crippen LogP) is 3.15. The number of nitrogens with two attached hydrogens (primary N) is 2. The number of amides is 3. The molecule has 0 heterocycles. The monoisotopic (exact) mass is 454 g/mol. The lowest BCUT2D eigenvalue weighted by molar-refractivity contribution is -0.119. The first-order chi connectivity index (χ1) is 16.5. The Labute approximate surface area is 198 Å². The summed E-state index contributed by atoms with van der Waals surface area (Å²) >= 11 is 0. The lowest BCUT2D eigenvalue weighted by Crippen LogP contribution is -2.51. The van der Waals surface area contributed by atoms with Crippen LogP contribution in [0.2, 0.25) is 0 Å². The second-order valence-corrected chi connectivity index (χ2v) is 7.55. The van der Waals surface area contributed by atoms with Crippen molar-refractivity contribution < 1.29 is 9.59 Å². The summed E-state index contributed by atoms with van der Waals surface area (Å²) in [5, 5.41) is 15.6. The number of anilines is 1. The van der Waals surface area contributed by atoms with E-state index in [0.717, 1.165) is 27.2 Å². The molecule has 8 nitrogen and oxygen atoms in total. The zero-order valence-electron chi connectivity index (χ0n) is 18.8. The van der Waals surface area contributed by atoms with Gasteiger partial charge in [-0.05, 0) is 53.8 Å². The summed E-state index contributed by atoms with van der Waals surface area (Å²) < 4.78 is 0. The summed E-state index contributed by atoms with van der Waals surface area (Å²) in [5.74, 6) is 4.68. The van der Waals surface area contributed by atoms with Crippen LogP contribution >= 0.6 is 0 Å². The standard InChI is InChI=1S/C26H26N6O2/c1-2-30-26(34)32(25(33)24(28)15-18-6-5-7-19(14-18)17-31-29)22-12-10-20(11-13-22)23-9-4-3-8-21(23)16-27/h3-14,17,24H,2,15,28-29H2,1H3,(H,30,34)/t24-/m0/s1. The zero-order valence-corrected chi connectivity index (χ0v) is 18.8. The molecule has 3 amide bonds. The van der Waals surface area contributed by atoms with Gasteiger partial charge in [0.1, 0.15) is 0 Å². The van der Waals surface area contributed by atoms with Gasteiger partial charge < -0.3 is 16.9 Å². The van der Waals surface area contributed by atoms with Gasteiger partial charge in [0, 0.05) is 6.54 Å². The number of benzene rings is 3. The number of hydrazone groups is 1. The topological polar surface area (TPSA) is 138 Å².